The highest BCUT2D eigenvalue weighted by molar-refractivity contribution is 6.16. The number of nitrogen functional groups attached to an aromatic ring is 1. The maximum atomic E-state index is 13.8. The molecule has 0 aliphatic rings. The number of aromatic amines is 1. The zero-order valence-corrected chi connectivity index (χ0v) is 10.6. The standard InChI is InChI=1S/C15H9F3N2O/c16-7-1-2-14-8(3-7)10(6-20-14)15(21)9-4-13(19)12(18)5-11(9)17/h1-6,20H,19H2. The number of ketones is 1. The zero-order chi connectivity index (χ0) is 15.1. The quantitative estimate of drug-likeness (QED) is 0.561. The van der Waals surface area contributed by atoms with E-state index >= 15 is 0 Å². The number of carbonyl (C=O) groups excluding carboxylic acids is 1. The number of halogens is 3. The molecule has 3 N–H and O–H groups in total. The average Bonchev–Trinajstić information content (AvgIpc) is 2.85. The van der Waals surface area contributed by atoms with Crippen LogP contribution >= 0.6 is 0 Å². The van der Waals surface area contributed by atoms with Crippen molar-refractivity contribution in [1.29, 1.82) is 0 Å². The molecule has 21 heavy (non-hydrogen) atoms. The van der Waals surface area contributed by atoms with Crippen LogP contribution < -0.4 is 5.73 Å². The van der Waals surface area contributed by atoms with Gasteiger partial charge in [0, 0.05) is 28.7 Å². The predicted molar refractivity (Wildman–Crippen MR) is 72.5 cm³/mol. The van der Waals surface area contributed by atoms with Gasteiger partial charge in [0.25, 0.3) is 0 Å². The highest BCUT2D eigenvalue weighted by Gasteiger charge is 2.20. The monoisotopic (exact) mass is 290 g/mol. The Hall–Kier alpha value is -2.76. The minimum atomic E-state index is -1.02. The molecular weight excluding hydrogens is 281 g/mol. The minimum Gasteiger partial charge on any atom is -0.396 e. The van der Waals surface area contributed by atoms with E-state index in [0.717, 1.165) is 6.07 Å². The lowest BCUT2D eigenvalue weighted by Gasteiger charge is -2.04. The summed E-state index contributed by atoms with van der Waals surface area (Å²) in [7, 11) is 0. The number of benzene rings is 2. The second-order valence-corrected chi connectivity index (χ2v) is 4.57. The fourth-order valence-corrected chi connectivity index (χ4v) is 2.17. The van der Waals surface area contributed by atoms with Crippen LogP contribution in [0, 0.1) is 17.5 Å². The molecule has 106 valence electrons. The molecule has 1 heterocycles. The predicted octanol–water partition coefficient (Wildman–Crippen LogP) is 3.40. The van der Waals surface area contributed by atoms with Crippen LogP contribution in [0.15, 0.2) is 36.5 Å². The van der Waals surface area contributed by atoms with Crippen LogP contribution in [-0.4, -0.2) is 10.8 Å². The molecule has 6 heteroatoms. The van der Waals surface area contributed by atoms with E-state index in [2.05, 4.69) is 4.98 Å². The first kappa shape index (κ1) is 13.2. The molecule has 0 saturated heterocycles. The van der Waals surface area contributed by atoms with Gasteiger partial charge in [-0.15, -0.1) is 0 Å². The van der Waals surface area contributed by atoms with Gasteiger partial charge in [0.2, 0.25) is 0 Å². The normalized spacial score (nSPS) is 11.0. The third kappa shape index (κ3) is 2.14. The van der Waals surface area contributed by atoms with Gasteiger partial charge in [-0.2, -0.15) is 0 Å². The number of hydrogen-bond donors (Lipinski definition) is 2. The van der Waals surface area contributed by atoms with Crippen molar-refractivity contribution in [2.24, 2.45) is 0 Å². The Kier molecular flexibility index (Phi) is 2.94. The summed E-state index contributed by atoms with van der Waals surface area (Å²) in [5.74, 6) is -3.17. The molecule has 0 atom stereocenters. The first-order chi connectivity index (χ1) is 9.97. The van der Waals surface area contributed by atoms with E-state index < -0.39 is 23.2 Å². The summed E-state index contributed by atoms with van der Waals surface area (Å²) in [6.45, 7) is 0. The Bertz CT molecular complexity index is 871. The Morgan fingerprint density at radius 1 is 1.00 bits per heavy atom. The number of nitrogens with one attached hydrogen (secondary N) is 1. The lowest BCUT2D eigenvalue weighted by Crippen LogP contribution is -2.06. The van der Waals surface area contributed by atoms with Crippen LogP contribution in [0.4, 0.5) is 18.9 Å². The van der Waals surface area contributed by atoms with E-state index in [4.69, 9.17) is 5.73 Å². The van der Waals surface area contributed by atoms with Gasteiger partial charge in [-0.25, -0.2) is 13.2 Å². The van der Waals surface area contributed by atoms with Crippen molar-refractivity contribution in [3.05, 3.63) is 65.1 Å². The van der Waals surface area contributed by atoms with Gasteiger partial charge >= 0.3 is 0 Å². The van der Waals surface area contributed by atoms with Crippen molar-refractivity contribution in [1.82, 2.24) is 4.98 Å². The van der Waals surface area contributed by atoms with Gasteiger partial charge < -0.3 is 10.7 Å². The Labute approximate surface area is 117 Å². The number of hydrogen-bond acceptors (Lipinski definition) is 2. The number of fused-ring (bicyclic) bond motifs is 1. The highest BCUT2D eigenvalue weighted by atomic mass is 19.1. The summed E-state index contributed by atoms with van der Waals surface area (Å²) in [4.78, 5) is 15.2. The molecule has 2 aromatic carbocycles. The molecule has 0 spiro atoms. The lowest BCUT2D eigenvalue weighted by atomic mass is 10.0. The number of aromatic nitrogens is 1. The van der Waals surface area contributed by atoms with Crippen LogP contribution in [0.25, 0.3) is 10.9 Å². The molecule has 3 rings (SSSR count). The SMILES string of the molecule is Nc1cc(C(=O)c2c[nH]c3ccc(F)cc23)c(F)cc1F. The second kappa shape index (κ2) is 4.66. The molecule has 3 aromatic rings. The first-order valence-corrected chi connectivity index (χ1v) is 6.03. The molecule has 0 amide bonds. The first-order valence-electron chi connectivity index (χ1n) is 6.03. The van der Waals surface area contributed by atoms with Crippen LogP contribution in [-0.2, 0) is 0 Å². The maximum Gasteiger partial charge on any atom is 0.198 e. The minimum absolute atomic E-state index is 0.0920. The average molecular weight is 290 g/mol. The number of nitrogens with two attached hydrogens (primary N) is 1. The summed E-state index contributed by atoms with van der Waals surface area (Å²) < 4.78 is 40.2. The van der Waals surface area contributed by atoms with Crippen molar-refractivity contribution in [2.75, 3.05) is 5.73 Å². The van der Waals surface area contributed by atoms with Crippen molar-refractivity contribution in [2.45, 2.75) is 0 Å². The fourth-order valence-electron chi connectivity index (χ4n) is 2.17. The van der Waals surface area contributed by atoms with Crippen LogP contribution in [0.3, 0.4) is 0 Å². The summed E-state index contributed by atoms with van der Waals surface area (Å²) in [6.07, 6.45) is 1.35. The van der Waals surface area contributed by atoms with Crippen LogP contribution in [0.5, 0.6) is 0 Å². The van der Waals surface area contributed by atoms with Gasteiger partial charge in [0.1, 0.15) is 17.5 Å². The Morgan fingerprint density at radius 3 is 2.52 bits per heavy atom. The Morgan fingerprint density at radius 2 is 1.76 bits per heavy atom. The van der Waals surface area contributed by atoms with E-state index in [1.165, 1.54) is 24.4 Å². The van der Waals surface area contributed by atoms with Gasteiger partial charge in [0.15, 0.2) is 5.78 Å². The van der Waals surface area contributed by atoms with Crippen LogP contribution in [0.2, 0.25) is 0 Å². The molecule has 0 fully saturated rings. The fraction of sp³-hybridized carbons (Fsp3) is 0. The van der Waals surface area contributed by atoms with E-state index in [0.29, 0.717) is 17.0 Å². The number of anilines is 1. The molecule has 0 radical (unpaired) electrons. The largest absolute Gasteiger partial charge is 0.396 e. The summed E-state index contributed by atoms with van der Waals surface area (Å²) in [6, 6.07) is 5.37. The summed E-state index contributed by atoms with van der Waals surface area (Å²) in [5, 5.41) is 0.322. The van der Waals surface area contributed by atoms with Crippen molar-refractivity contribution in [3.8, 4) is 0 Å². The molecule has 0 unspecified atom stereocenters. The van der Waals surface area contributed by atoms with E-state index in [1.807, 2.05) is 0 Å². The molecule has 3 nitrogen and oxygen atoms in total. The molecule has 1 aromatic heterocycles. The number of carbonyl (C=O) groups is 1. The van der Waals surface area contributed by atoms with Crippen molar-refractivity contribution >= 4 is 22.4 Å². The van der Waals surface area contributed by atoms with Gasteiger partial charge in [-0.3, -0.25) is 4.79 Å². The highest BCUT2D eigenvalue weighted by Crippen LogP contribution is 2.25. The van der Waals surface area contributed by atoms with Gasteiger partial charge in [-0.1, -0.05) is 0 Å². The third-order valence-corrected chi connectivity index (χ3v) is 3.22. The second-order valence-electron chi connectivity index (χ2n) is 4.57. The summed E-state index contributed by atoms with van der Waals surface area (Å²) in [5.41, 5.74) is 5.30. The number of H-pyrrole nitrogens is 1. The van der Waals surface area contributed by atoms with Gasteiger partial charge in [0.05, 0.1) is 11.3 Å². The molecular formula is C15H9F3N2O. The third-order valence-electron chi connectivity index (χ3n) is 3.22. The topological polar surface area (TPSA) is 58.9 Å². The van der Waals surface area contributed by atoms with Crippen LogP contribution in [0.1, 0.15) is 15.9 Å². The number of rotatable bonds is 2. The van der Waals surface area contributed by atoms with E-state index in [-0.39, 0.29) is 16.8 Å². The summed E-state index contributed by atoms with van der Waals surface area (Å²) >= 11 is 0. The van der Waals surface area contributed by atoms with Gasteiger partial charge in [-0.05, 0) is 24.3 Å². The molecule has 0 aliphatic carbocycles. The molecule has 0 saturated carbocycles. The lowest BCUT2D eigenvalue weighted by molar-refractivity contribution is 0.103. The van der Waals surface area contributed by atoms with Crippen molar-refractivity contribution in [3.63, 3.8) is 0 Å². The van der Waals surface area contributed by atoms with E-state index in [1.54, 1.807) is 0 Å². The maximum absolute atomic E-state index is 13.8. The smallest absolute Gasteiger partial charge is 0.198 e. The van der Waals surface area contributed by atoms with Crippen molar-refractivity contribution < 1.29 is 18.0 Å². The van der Waals surface area contributed by atoms with E-state index in [9.17, 15) is 18.0 Å². The zero-order valence-electron chi connectivity index (χ0n) is 10.6. The molecule has 0 aliphatic heterocycles. The Balaban J connectivity index is 2.17. The molecule has 0 bridgehead atoms.